The Kier molecular flexibility index (Phi) is 5.90. The van der Waals surface area contributed by atoms with Crippen LogP contribution in [-0.2, 0) is 22.9 Å². The van der Waals surface area contributed by atoms with Crippen LogP contribution in [0.15, 0.2) is 47.5 Å². The van der Waals surface area contributed by atoms with Gasteiger partial charge in [-0.25, -0.2) is 8.42 Å². The third-order valence-corrected chi connectivity index (χ3v) is 6.73. The van der Waals surface area contributed by atoms with Gasteiger partial charge in [-0.1, -0.05) is 18.2 Å². The van der Waals surface area contributed by atoms with Gasteiger partial charge in [0, 0.05) is 44.1 Å². The molecule has 140 valence electrons. The molecule has 7 heteroatoms. The fourth-order valence-corrected chi connectivity index (χ4v) is 4.79. The summed E-state index contributed by atoms with van der Waals surface area (Å²) in [6.45, 7) is 2.58. The van der Waals surface area contributed by atoms with Gasteiger partial charge in [-0.05, 0) is 37.6 Å². The minimum Gasteiger partial charge on any atom is -0.497 e. The maximum Gasteiger partial charge on any atom is 0.243 e. The number of hydrogen-bond acceptors (Lipinski definition) is 5. The Morgan fingerprint density at radius 3 is 2.54 bits per heavy atom. The number of rotatable bonds is 6. The summed E-state index contributed by atoms with van der Waals surface area (Å²) < 4.78 is 33.0. The number of aryl methyl sites for hydroxylation is 2. The van der Waals surface area contributed by atoms with E-state index in [1.165, 1.54) is 0 Å². The lowest BCUT2D eigenvalue weighted by atomic mass is 10.1. The van der Waals surface area contributed by atoms with Gasteiger partial charge in [0.2, 0.25) is 10.0 Å². The van der Waals surface area contributed by atoms with Gasteiger partial charge < -0.3 is 9.64 Å². The number of sulfonamides is 1. The summed E-state index contributed by atoms with van der Waals surface area (Å²) in [6, 6.07) is 11.0. The van der Waals surface area contributed by atoms with Crippen molar-refractivity contribution in [3.63, 3.8) is 0 Å². The third kappa shape index (κ3) is 4.23. The van der Waals surface area contributed by atoms with Crippen LogP contribution in [0, 0.1) is 0 Å². The molecule has 0 aliphatic carbocycles. The van der Waals surface area contributed by atoms with Crippen molar-refractivity contribution in [1.29, 1.82) is 0 Å². The van der Waals surface area contributed by atoms with Crippen LogP contribution >= 0.6 is 0 Å². The van der Waals surface area contributed by atoms with Gasteiger partial charge in [0.25, 0.3) is 0 Å². The predicted octanol–water partition coefficient (Wildman–Crippen LogP) is 1.81. The first-order valence-corrected chi connectivity index (χ1v) is 10.2. The van der Waals surface area contributed by atoms with E-state index in [2.05, 4.69) is 9.88 Å². The Balaban J connectivity index is 1.79. The van der Waals surface area contributed by atoms with E-state index >= 15 is 0 Å². The molecule has 0 radical (unpaired) electrons. The molecule has 1 aliphatic heterocycles. The first-order valence-electron chi connectivity index (χ1n) is 8.76. The molecule has 0 amide bonds. The van der Waals surface area contributed by atoms with E-state index in [4.69, 9.17) is 4.74 Å². The van der Waals surface area contributed by atoms with Crippen LogP contribution in [-0.4, -0.2) is 62.9 Å². The smallest absolute Gasteiger partial charge is 0.243 e. The molecule has 0 atom stereocenters. The second kappa shape index (κ2) is 8.16. The average molecular weight is 375 g/mol. The van der Waals surface area contributed by atoms with E-state index in [-0.39, 0.29) is 0 Å². The highest BCUT2D eigenvalue weighted by Crippen LogP contribution is 2.23. The molecule has 0 saturated carbocycles. The van der Waals surface area contributed by atoms with E-state index in [9.17, 15) is 8.42 Å². The molecule has 0 unspecified atom stereocenters. The van der Waals surface area contributed by atoms with E-state index in [1.807, 2.05) is 25.2 Å². The molecule has 2 heterocycles. The molecule has 0 bridgehead atoms. The number of likely N-dealkylation sites (N-methyl/N-ethyl adjacent to an activating group) is 1. The molecule has 1 saturated heterocycles. The Labute approximate surface area is 155 Å². The highest BCUT2D eigenvalue weighted by Gasteiger charge is 2.29. The number of pyridine rings is 1. The van der Waals surface area contributed by atoms with Crippen LogP contribution in [0.1, 0.15) is 11.3 Å². The maximum absolute atomic E-state index is 13.1. The summed E-state index contributed by atoms with van der Waals surface area (Å²) in [5, 5.41) is 0. The first kappa shape index (κ1) is 18.8. The lowest BCUT2D eigenvalue weighted by molar-refractivity contribution is 0.222. The zero-order valence-corrected chi connectivity index (χ0v) is 16.1. The SMILES string of the molecule is COc1ccnc(CCc2ccccc2S(=O)(=O)N2CCN(C)CC2)c1. The first-order chi connectivity index (χ1) is 12.5. The minimum absolute atomic E-state index is 0.410. The number of hydrogen-bond donors (Lipinski definition) is 0. The summed E-state index contributed by atoms with van der Waals surface area (Å²) in [4.78, 5) is 6.90. The van der Waals surface area contributed by atoms with Crippen molar-refractivity contribution < 1.29 is 13.2 Å². The van der Waals surface area contributed by atoms with Gasteiger partial charge in [0.15, 0.2) is 0 Å². The molecule has 1 aromatic carbocycles. The van der Waals surface area contributed by atoms with Crippen molar-refractivity contribution in [2.75, 3.05) is 40.3 Å². The number of benzene rings is 1. The second-order valence-corrected chi connectivity index (χ2v) is 8.41. The largest absolute Gasteiger partial charge is 0.497 e. The fraction of sp³-hybridized carbons (Fsp3) is 0.421. The van der Waals surface area contributed by atoms with Crippen molar-refractivity contribution in [1.82, 2.24) is 14.2 Å². The van der Waals surface area contributed by atoms with Gasteiger partial charge in [0.1, 0.15) is 5.75 Å². The molecule has 1 aliphatic rings. The second-order valence-electron chi connectivity index (χ2n) is 6.50. The summed E-state index contributed by atoms with van der Waals surface area (Å²) in [5.41, 5.74) is 1.71. The number of piperazine rings is 1. The van der Waals surface area contributed by atoms with Crippen molar-refractivity contribution >= 4 is 10.0 Å². The van der Waals surface area contributed by atoms with Crippen LogP contribution in [0.25, 0.3) is 0 Å². The van der Waals surface area contributed by atoms with Gasteiger partial charge in [0.05, 0.1) is 12.0 Å². The van der Waals surface area contributed by atoms with Crippen LogP contribution < -0.4 is 4.74 Å². The van der Waals surface area contributed by atoms with E-state index in [0.29, 0.717) is 30.8 Å². The molecule has 0 N–H and O–H groups in total. The standard InChI is InChI=1S/C19H25N3O3S/c1-21-11-13-22(14-12-21)26(23,24)19-6-4-3-5-16(19)7-8-17-15-18(25-2)9-10-20-17/h3-6,9-10,15H,7-8,11-14H2,1-2H3. The van der Waals surface area contributed by atoms with Gasteiger partial charge in [-0.2, -0.15) is 4.31 Å². The summed E-state index contributed by atoms with van der Waals surface area (Å²) in [6.07, 6.45) is 2.98. The number of nitrogens with zero attached hydrogens (tertiary/aromatic N) is 3. The third-order valence-electron chi connectivity index (χ3n) is 4.73. The Morgan fingerprint density at radius 1 is 1.08 bits per heavy atom. The highest BCUT2D eigenvalue weighted by atomic mass is 32.2. The van der Waals surface area contributed by atoms with E-state index in [0.717, 1.165) is 30.1 Å². The minimum atomic E-state index is -3.47. The lowest BCUT2D eigenvalue weighted by Gasteiger charge is -2.32. The van der Waals surface area contributed by atoms with E-state index in [1.54, 1.807) is 35.8 Å². The molecule has 0 spiro atoms. The maximum atomic E-state index is 13.1. The Bertz CT molecular complexity index is 847. The lowest BCUT2D eigenvalue weighted by Crippen LogP contribution is -2.47. The van der Waals surface area contributed by atoms with Gasteiger partial charge in [-0.3, -0.25) is 4.98 Å². The summed E-state index contributed by atoms with van der Waals surface area (Å²) in [5.74, 6) is 0.758. The molecule has 26 heavy (non-hydrogen) atoms. The molecule has 6 nitrogen and oxygen atoms in total. The normalized spacial score (nSPS) is 16.5. The molecular formula is C19H25N3O3S. The molecule has 3 rings (SSSR count). The number of aromatic nitrogens is 1. The fourth-order valence-electron chi connectivity index (χ4n) is 3.11. The topological polar surface area (TPSA) is 62.7 Å². The van der Waals surface area contributed by atoms with Crippen molar-refractivity contribution in [2.45, 2.75) is 17.7 Å². The highest BCUT2D eigenvalue weighted by molar-refractivity contribution is 7.89. The zero-order valence-electron chi connectivity index (χ0n) is 15.3. The predicted molar refractivity (Wildman–Crippen MR) is 101 cm³/mol. The number of ether oxygens (including phenoxy) is 1. The molecule has 2 aromatic rings. The summed E-state index contributed by atoms with van der Waals surface area (Å²) >= 11 is 0. The van der Waals surface area contributed by atoms with E-state index < -0.39 is 10.0 Å². The van der Waals surface area contributed by atoms with Crippen LogP contribution in [0.3, 0.4) is 0 Å². The van der Waals surface area contributed by atoms with Crippen LogP contribution in [0.5, 0.6) is 5.75 Å². The van der Waals surface area contributed by atoms with Crippen LogP contribution in [0.2, 0.25) is 0 Å². The quantitative estimate of drug-likeness (QED) is 0.771. The van der Waals surface area contributed by atoms with Crippen molar-refractivity contribution in [3.05, 3.63) is 53.9 Å². The van der Waals surface area contributed by atoms with Crippen molar-refractivity contribution in [3.8, 4) is 5.75 Å². The summed E-state index contributed by atoms with van der Waals surface area (Å²) in [7, 11) is 0.163. The van der Waals surface area contributed by atoms with Crippen molar-refractivity contribution in [2.24, 2.45) is 0 Å². The number of methoxy groups -OCH3 is 1. The Hall–Kier alpha value is -1.96. The molecular weight excluding hydrogens is 350 g/mol. The molecule has 1 aromatic heterocycles. The zero-order chi connectivity index (χ0) is 18.6. The monoisotopic (exact) mass is 375 g/mol. The Morgan fingerprint density at radius 2 is 1.81 bits per heavy atom. The average Bonchev–Trinajstić information content (AvgIpc) is 2.67. The molecule has 1 fully saturated rings. The van der Waals surface area contributed by atoms with Gasteiger partial charge >= 0.3 is 0 Å². The van der Waals surface area contributed by atoms with Gasteiger partial charge in [-0.15, -0.1) is 0 Å². The van der Waals surface area contributed by atoms with Crippen LogP contribution in [0.4, 0.5) is 0 Å².